The number of rotatable bonds is 9. The summed E-state index contributed by atoms with van der Waals surface area (Å²) in [5, 5.41) is 1.04. The van der Waals surface area contributed by atoms with Crippen molar-refractivity contribution in [1.29, 1.82) is 0 Å². The predicted molar refractivity (Wildman–Crippen MR) is 154 cm³/mol. The van der Waals surface area contributed by atoms with Gasteiger partial charge in [-0.1, -0.05) is 31.8 Å². The molecule has 2 aliphatic rings. The molecule has 2 saturated heterocycles. The van der Waals surface area contributed by atoms with Crippen LogP contribution in [0.25, 0.3) is 22.3 Å². The van der Waals surface area contributed by atoms with Crippen LogP contribution in [0.5, 0.6) is 0 Å². The number of nitrogens with zero attached hydrogens (tertiary/aromatic N) is 5. The molecule has 2 fully saturated rings. The number of piperidine rings is 1. The zero-order valence-corrected chi connectivity index (χ0v) is 23.9. The molecular formula is C28H40N6O3Si. The van der Waals surface area contributed by atoms with Crippen LogP contribution in [0, 0.1) is 5.92 Å². The van der Waals surface area contributed by atoms with Gasteiger partial charge < -0.3 is 29.6 Å². The van der Waals surface area contributed by atoms with Crippen molar-refractivity contribution in [3.8, 4) is 11.3 Å². The zero-order chi connectivity index (χ0) is 26.7. The van der Waals surface area contributed by atoms with Crippen LogP contribution in [0.1, 0.15) is 12.8 Å². The summed E-state index contributed by atoms with van der Waals surface area (Å²) in [6, 6.07) is 12.0. The molecule has 0 aliphatic carbocycles. The Morgan fingerprint density at radius 3 is 2.42 bits per heavy atom. The lowest BCUT2D eigenvalue weighted by atomic mass is 9.96. The number of carbonyl (C=O) groups excluding carboxylic acids is 1. The number of carbonyl (C=O) groups is 1. The van der Waals surface area contributed by atoms with Gasteiger partial charge in [0, 0.05) is 52.5 Å². The van der Waals surface area contributed by atoms with Crippen LogP contribution < -0.4 is 15.5 Å². The minimum absolute atomic E-state index is 0.0102. The number of nitrogens with two attached hydrogens (primary N) is 1. The van der Waals surface area contributed by atoms with E-state index in [0.717, 1.165) is 79.8 Å². The minimum Gasteiger partial charge on any atom is -0.378 e. The smallest absolute Gasteiger partial charge is 0.220 e. The van der Waals surface area contributed by atoms with E-state index < -0.39 is 8.07 Å². The van der Waals surface area contributed by atoms with Crippen molar-refractivity contribution in [2.24, 2.45) is 11.7 Å². The normalized spacial score (nSPS) is 17.3. The first kappa shape index (κ1) is 26.6. The van der Waals surface area contributed by atoms with E-state index >= 15 is 0 Å². The molecule has 38 heavy (non-hydrogen) atoms. The molecule has 10 heteroatoms. The fourth-order valence-corrected chi connectivity index (χ4v) is 6.00. The number of hydrogen-bond acceptors (Lipinski definition) is 7. The van der Waals surface area contributed by atoms with E-state index in [1.807, 2.05) is 0 Å². The summed E-state index contributed by atoms with van der Waals surface area (Å²) in [5.74, 6) is 0.762. The minimum atomic E-state index is -1.18. The third-order valence-corrected chi connectivity index (χ3v) is 9.33. The van der Waals surface area contributed by atoms with E-state index in [0.29, 0.717) is 19.9 Å². The number of ether oxygens (including phenoxy) is 2. The summed E-state index contributed by atoms with van der Waals surface area (Å²) in [5.41, 5.74) is 9.76. The van der Waals surface area contributed by atoms with Crippen molar-refractivity contribution in [1.82, 2.24) is 14.5 Å². The number of fused-ring (bicyclic) bond motifs is 1. The molecular weight excluding hydrogens is 496 g/mol. The molecule has 2 aromatic heterocycles. The third kappa shape index (κ3) is 6.03. The van der Waals surface area contributed by atoms with Gasteiger partial charge in [-0.05, 0) is 42.6 Å². The Kier molecular flexibility index (Phi) is 8.01. The molecule has 4 heterocycles. The summed E-state index contributed by atoms with van der Waals surface area (Å²) in [7, 11) is -1.18. The second-order valence-electron chi connectivity index (χ2n) is 11.6. The number of hydrogen-bond donors (Lipinski definition) is 1. The van der Waals surface area contributed by atoms with Gasteiger partial charge in [0.05, 0.1) is 24.3 Å². The lowest BCUT2D eigenvalue weighted by Gasteiger charge is -2.32. The van der Waals surface area contributed by atoms with Gasteiger partial charge in [-0.25, -0.2) is 9.97 Å². The van der Waals surface area contributed by atoms with Crippen LogP contribution in [-0.4, -0.2) is 74.5 Å². The maximum absolute atomic E-state index is 11.5. The first-order valence-electron chi connectivity index (χ1n) is 13.7. The van der Waals surface area contributed by atoms with Crippen molar-refractivity contribution in [2.75, 3.05) is 55.8 Å². The second-order valence-corrected chi connectivity index (χ2v) is 17.2. The highest BCUT2D eigenvalue weighted by atomic mass is 28.3. The van der Waals surface area contributed by atoms with Gasteiger partial charge in [0.25, 0.3) is 0 Å². The molecule has 9 nitrogen and oxygen atoms in total. The molecule has 1 amide bonds. The molecule has 204 valence electrons. The summed E-state index contributed by atoms with van der Waals surface area (Å²) >= 11 is 0. The fourth-order valence-electron chi connectivity index (χ4n) is 5.25. The van der Waals surface area contributed by atoms with Crippen LogP contribution >= 0.6 is 0 Å². The topological polar surface area (TPSA) is 98.7 Å². The van der Waals surface area contributed by atoms with Crippen molar-refractivity contribution in [2.45, 2.75) is 45.3 Å². The zero-order valence-electron chi connectivity index (χ0n) is 22.9. The molecule has 2 N–H and O–H groups in total. The number of amides is 1. The van der Waals surface area contributed by atoms with E-state index in [-0.39, 0.29) is 11.8 Å². The van der Waals surface area contributed by atoms with Gasteiger partial charge in [0.2, 0.25) is 5.91 Å². The number of benzene rings is 1. The Morgan fingerprint density at radius 2 is 1.76 bits per heavy atom. The molecule has 5 rings (SSSR count). The van der Waals surface area contributed by atoms with E-state index in [9.17, 15) is 4.79 Å². The fraction of sp³-hybridized carbons (Fsp3) is 0.536. The Bertz CT molecular complexity index is 1240. The maximum Gasteiger partial charge on any atom is 0.220 e. The van der Waals surface area contributed by atoms with E-state index in [1.54, 1.807) is 6.33 Å². The molecule has 2 aliphatic heterocycles. The average molecular weight is 537 g/mol. The number of aromatic nitrogens is 3. The predicted octanol–water partition coefficient (Wildman–Crippen LogP) is 3.95. The number of morpholine rings is 1. The van der Waals surface area contributed by atoms with Crippen LogP contribution in [0.4, 0.5) is 11.5 Å². The standard InChI is InChI=1S/C28H40N6O3Si/c1-38(2,3)17-16-37-20-34-25(18-24-27(30-19-31-28(24)34)33-12-14-36-15-13-33)21-4-6-23(7-5-21)32-10-8-22(9-11-32)26(29)35/h4-7,18-19,22H,8-17,20H2,1-3H3,(H2,29,35). The Labute approximate surface area is 225 Å². The van der Waals surface area contributed by atoms with Crippen molar-refractivity contribution < 1.29 is 14.3 Å². The lowest BCUT2D eigenvalue weighted by molar-refractivity contribution is -0.122. The van der Waals surface area contributed by atoms with E-state index in [2.05, 4.69) is 69.3 Å². The second kappa shape index (κ2) is 11.4. The van der Waals surface area contributed by atoms with Gasteiger partial charge in [-0.3, -0.25) is 4.79 Å². The molecule has 0 unspecified atom stereocenters. The monoisotopic (exact) mass is 536 g/mol. The largest absolute Gasteiger partial charge is 0.378 e. The molecule has 0 saturated carbocycles. The van der Waals surface area contributed by atoms with Gasteiger partial charge >= 0.3 is 0 Å². The molecule has 0 atom stereocenters. The van der Waals surface area contributed by atoms with Gasteiger partial charge in [-0.15, -0.1) is 0 Å². The first-order valence-corrected chi connectivity index (χ1v) is 17.4. The van der Waals surface area contributed by atoms with E-state index in [1.165, 1.54) is 5.69 Å². The van der Waals surface area contributed by atoms with Crippen LogP contribution in [-0.2, 0) is 21.0 Å². The van der Waals surface area contributed by atoms with Gasteiger partial charge in [-0.2, -0.15) is 0 Å². The lowest BCUT2D eigenvalue weighted by Crippen LogP contribution is -2.38. The highest BCUT2D eigenvalue weighted by Gasteiger charge is 2.24. The highest BCUT2D eigenvalue weighted by Crippen LogP contribution is 2.34. The van der Waals surface area contributed by atoms with Gasteiger partial charge in [0.1, 0.15) is 24.5 Å². The first-order chi connectivity index (χ1) is 18.3. The number of primary amides is 1. The molecule has 0 radical (unpaired) electrons. The maximum atomic E-state index is 11.5. The summed E-state index contributed by atoms with van der Waals surface area (Å²) < 4.78 is 14.0. The SMILES string of the molecule is C[Si](C)(C)CCOCn1c(-c2ccc(N3CCC(C(N)=O)CC3)cc2)cc2c(N3CCOCC3)ncnc21. The summed E-state index contributed by atoms with van der Waals surface area (Å²) in [6.45, 7) is 13.0. The quantitative estimate of drug-likeness (QED) is 0.327. The molecule has 0 bridgehead atoms. The van der Waals surface area contributed by atoms with Gasteiger partial charge in [0.15, 0.2) is 0 Å². The van der Waals surface area contributed by atoms with Crippen molar-refractivity contribution in [3.05, 3.63) is 36.7 Å². The Hall–Kier alpha value is -2.95. The number of anilines is 2. The summed E-state index contributed by atoms with van der Waals surface area (Å²) in [4.78, 5) is 25.5. The Balaban J connectivity index is 1.43. The highest BCUT2D eigenvalue weighted by molar-refractivity contribution is 6.76. The average Bonchev–Trinajstić information content (AvgIpc) is 3.30. The molecule has 3 aromatic rings. The van der Waals surface area contributed by atoms with Crippen LogP contribution in [0.2, 0.25) is 25.7 Å². The van der Waals surface area contributed by atoms with Crippen LogP contribution in [0.15, 0.2) is 36.7 Å². The van der Waals surface area contributed by atoms with E-state index in [4.69, 9.17) is 20.2 Å². The van der Waals surface area contributed by atoms with Crippen LogP contribution in [0.3, 0.4) is 0 Å². The van der Waals surface area contributed by atoms with Crippen molar-refractivity contribution in [3.63, 3.8) is 0 Å². The third-order valence-electron chi connectivity index (χ3n) is 7.62. The molecule has 1 aromatic carbocycles. The molecule has 0 spiro atoms. The van der Waals surface area contributed by atoms with Crippen molar-refractivity contribution >= 4 is 36.5 Å². The Morgan fingerprint density at radius 1 is 1.05 bits per heavy atom. The summed E-state index contributed by atoms with van der Waals surface area (Å²) in [6.07, 6.45) is 3.28.